The first-order chi connectivity index (χ1) is 9.69. The quantitative estimate of drug-likeness (QED) is 0.834. The molecule has 0 spiro atoms. The lowest BCUT2D eigenvalue weighted by molar-refractivity contribution is -0.124. The molecule has 0 aromatic heterocycles. The van der Waals surface area contributed by atoms with Crippen molar-refractivity contribution in [2.24, 2.45) is 0 Å². The van der Waals surface area contributed by atoms with Gasteiger partial charge in [-0.3, -0.25) is 9.59 Å². The van der Waals surface area contributed by atoms with E-state index in [-0.39, 0.29) is 18.0 Å². The molecule has 0 aliphatic carbocycles. The number of nitrogens with one attached hydrogen (secondary N) is 2. The van der Waals surface area contributed by atoms with E-state index in [1.54, 1.807) is 18.2 Å². The first kappa shape index (κ1) is 17.5. The predicted octanol–water partition coefficient (Wildman–Crippen LogP) is 3.04. The van der Waals surface area contributed by atoms with Crippen LogP contribution in [0.5, 0.6) is 0 Å². The highest BCUT2D eigenvalue weighted by Crippen LogP contribution is 2.25. The average Bonchev–Trinajstić information content (AvgIpc) is 2.33. The van der Waals surface area contributed by atoms with Gasteiger partial charge in [0.2, 0.25) is 11.8 Å². The van der Waals surface area contributed by atoms with E-state index in [1.165, 1.54) is 12.2 Å². The number of hydrogen-bond acceptors (Lipinski definition) is 2. The Hall–Kier alpha value is -1.52. The number of amides is 2. The highest BCUT2D eigenvalue weighted by Gasteiger charge is 2.13. The molecule has 21 heavy (non-hydrogen) atoms. The van der Waals surface area contributed by atoms with Gasteiger partial charge in [-0.25, -0.2) is 0 Å². The van der Waals surface area contributed by atoms with Crippen molar-refractivity contribution >= 4 is 41.1 Å². The van der Waals surface area contributed by atoms with E-state index in [2.05, 4.69) is 10.6 Å². The van der Waals surface area contributed by atoms with E-state index < -0.39 is 5.91 Å². The van der Waals surface area contributed by atoms with Crippen LogP contribution < -0.4 is 10.6 Å². The van der Waals surface area contributed by atoms with Crippen LogP contribution in [0.3, 0.4) is 0 Å². The van der Waals surface area contributed by atoms with E-state index in [4.69, 9.17) is 23.2 Å². The van der Waals surface area contributed by atoms with Gasteiger partial charge in [0.1, 0.15) is 0 Å². The summed E-state index contributed by atoms with van der Waals surface area (Å²) in [6.07, 6.45) is 2.80. The van der Waals surface area contributed by atoms with Gasteiger partial charge in [0.05, 0.1) is 6.54 Å². The monoisotopic (exact) mass is 328 g/mol. The summed E-state index contributed by atoms with van der Waals surface area (Å²) >= 11 is 12.0. The molecule has 0 aliphatic heterocycles. The first-order valence-electron chi connectivity index (χ1n) is 6.40. The van der Waals surface area contributed by atoms with Crippen LogP contribution in [-0.4, -0.2) is 23.9 Å². The topological polar surface area (TPSA) is 58.2 Å². The molecule has 114 valence electrons. The van der Waals surface area contributed by atoms with Crippen LogP contribution in [0.15, 0.2) is 24.3 Å². The Kier molecular flexibility index (Phi) is 6.24. The van der Waals surface area contributed by atoms with Gasteiger partial charge in [-0.05, 0) is 39.0 Å². The smallest absolute Gasteiger partial charge is 0.244 e. The fraction of sp³-hybridized carbons (Fsp3) is 0.333. The van der Waals surface area contributed by atoms with E-state index in [9.17, 15) is 9.59 Å². The van der Waals surface area contributed by atoms with E-state index in [0.717, 1.165) is 0 Å². The standard InChI is InChI=1S/C15H18Cl2N2O2/c1-15(2,3)19-14(21)9-18-13(20)8-7-10-11(16)5-4-6-12(10)17/h4-8H,9H2,1-3H3,(H,18,20)(H,19,21)/b8-7+. The molecule has 0 fully saturated rings. The molecule has 1 rings (SSSR count). The molecule has 0 bridgehead atoms. The summed E-state index contributed by atoms with van der Waals surface area (Å²) in [5.41, 5.74) is 0.234. The number of carbonyl (C=O) groups is 2. The van der Waals surface area contributed by atoms with Gasteiger partial charge in [0, 0.05) is 27.2 Å². The van der Waals surface area contributed by atoms with Gasteiger partial charge in [-0.1, -0.05) is 29.3 Å². The third-order valence-electron chi connectivity index (χ3n) is 2.34. The Morgan fingerprint density at radius 1 is 1.19 bits per heavy atom. The Bertz CT molecular complexity index is 543. The van der Waals surface area contributed by atoms with Gasteiger partial charge in [-0.2, -0.15) is 0 Å². The van der Waals surface area contributed by atoms with Crippen LogP contribution in [0.2, 0.25) is 10.0 Å². The average molecular weight is 329 g/mol. The second-order valence-corrected chi connectivity index (χ2v) is 6.30. The van der Waals surface area contributed by atoms with Gasteiger partial charge < -0.3 is 10.6 Å². The normalized spacial score (nSPS) is 11.5. The predicted molar refractivity (Wildman–Crippen MR) is 86.4 cm³/mol. The highest BCUT2D eigenvalue weighted by atomic mass is 35.5. The number of benzene rings is 1. The first-order valence-corrected chi connectivity index (χ1v) is 7.15. The van der Waals surface area contributed by atoms with Crippen molar-refractivity contribution in [3.05, 3.63) is 39.9 Å². The van der Waals surface area contributed by atoms with Gasteiger partial charge in [0.25, 0.3) is 0 Å². The van der Waals surface area contributed by atoms with E-state index in [1.807, 2.05) is 20.8 Å². The van der Waals surface area contributed by atoms with Crippen LogP contribution in [0, 0.1) is 0 Å². The van der Waals surface area contributed by atoms with Crippen molar-refractivity contribution in [2.45, 2.75) is 26.3 Å². The second kappa shape index (κ2) is 7.48. The van der Waals surface area contributed by atoms with Crippen LogP contribution in [0.25, 0.3) is 6.08 Å². The molecule has 2 amide bonds. The summed E-state index contributed by atoms with van der Waals surface area (Å²) in [5, 5.41) is 6.15. The Balaban J connectivity index is 2.55. The second-order valence-electron chi connectivity index (χ2n) is 5.48. The summed E-state index contributed by atoms with van der Waals surface area (Å²) < 4.78 is 0. The van der Waals surface area contributed by atoms with Gasteiger partial charge in [0.15, 0.2) is 0 Å². The maximum Gasteiger partial charge on any atom is 0.244 e. The number of rotatable bonds is 4. The highest BCUT2D eigenvalue weighted by molar-refractivity contribution is 6.37. The lowest BCUT2D eigenvalue weighted by Crippen LogP contribution is -2.45. The van der Waals surface area contributed by atoms with Crippen molar-refractivity contribution in [3.8, 4) is 0 Å². The minimum absolute atomic E-state index is 0.0866. The van der Waals surface area contributed by atoms with Crippen molar-refractivity contribution in [1.29, 1.82) is 0 Å². The summed E-state index contributed by atoms with van der Waals surface area (Å²) in [4.78, 5) is 23.2. The minimum Gasteiger partial charge on any atom is -0.350 e. The molecule has 0 saturated carbocycles. The van der Waals surface area contributed by atoms with Crippen molar-refractivity contribution in [1.82, 2.24) is 10.6 Å². The molecule has 1 aromatic rings. The summed E-state index contributed by atoms with van der Waals surface area (Å²) in [7, 11) is 0. The largest absolute Gasteiger partial charge is 0.350 e. The summed E-state index contributed by atoms with van der Waals surface area (Å²) in [6, 6.07) is 5.09. The number of carbonyl (C=O) groups excluding carboxylic acids is 2. The molecular weight excluding hydrogens is 311 g/mol. The lowest BCUT2D eigenvalue weighted by atomic mass is 10.1. The van der Waals surface area contributed by atoms with Crippen molar-refractivity contribution in [3.63, 3.8) is 0 Å². The Labute approximate surface area is 134 Å². The Morgan fingerprint density at radius 2 is 1.76 bits per heavy atom. The summed E-state index contributed by atoms with van der Waals surface area (Å²) in [5.74, 6) is -0.643. The third kappa shape index (κ3) is 6.65. The fourth-order valence-electron chi connectivity index (χ4n) is 1.52. The minimum atomic E-state index is -0.393. The van der Waals surface area contributed by atoms with E-state index in [0.29, 0.717) is 15.6 Å². The molecule has 0 aliphatic rings. The summed E-state index contributed by atoms with van der Waals surface area (Å²) in [6.45, 7) is 5.51. The van der Waals surface area contributed by atoms with Crippen LogP contribution in [0.1, 0.15) is 26.3 Å². The maximum absolute atomic E-state index is 11.6. The molecule has 4 nitrogen and oxygen atoms in total. The molecule has 0 radical (unpaired) electrons. The van der Waals surface area contributed by atoms with Crippen LogP contribution in [0.4, 0.5) is 0 Å². The van der Waals surface area contributed by atoms with Crippen LogP contribution in [-0.2, 0) is 9.59 Å². The molecular formula is C15H18Cl2N2O2. The zero-order valence-electron chi connectivity index (χ0n) is 12.2. The number of halogens is 2. The molecule has 0 atom stereocenters. The zero-order chi connectivity index (χ0) is 16.0. The molecule has 1 aromatic carbocycles. The molecule has 0 unspecified atom stereocenters. The number of hydrogen-bond donors (Lipinski definition) is 2. The SMILES string of the molecule is CC(C)(C)NC(=O)CNC(=O)/C=C/c1c(Cl)cccc1Cl. The van der Waals surface area contributed by atoms with Crippen molar-refractivity contribution in [2.75, 3.05) is 6.54 Å². The van der Waals surface area contributed by atoms with Gasteiger partial charge in [-0.15, -0.1) is 0 Å². The van der Waals surface area contributed by atoms with Crippen molar-refractivity contribution < 1.29 is 9.59 Å². The van der Waals surface area contributed by atoms with Gasteiger partial charge >= 0.3 is 0 Å². The molecule has 2 N–H and O–H groups in total. The van der Waals surface area contributed by atoms with Crippen LogP contribution >= 0.6 is 23.2 Å². The van der Waals surface area contributed by atoms with E-state index >= 15 is 0 Å². The fourth-order valence-corrected chi connectivity index (χ4v) is 2.04. The molecule has 0 heterocycles. The lowest BCUT2D eigenvalue weighted by Gasteiger charge is -2.20. The maximum atomic E-state index is 11.6. The Morgan fingerprint density at radius 3 is 2.29 bits per heavy atom. The third-order valence-corrected chi connectivity index (χ3v) is 3.00. The molecule has 0 saturated heterocycles. The zero-order valence-corrected chi connectivity index (χ0v) is 13.7. The molecule has 6 heteroatoms.